The molecule has 1 aliphatic heterocycles. The standard InChI is InChI=1S/C13H27NO2/c1-3-9-15-10-11-16-13(4-2)12-14-7-5-6-8-14/h13H,3-12H2,1-2H3. The molecule has 1 saturated heterocycles. The zero-order chi connectivity index (χ0) is 11.6. The summed E-state index contributed by atoms with van der Waals surface area (Å²) < 4.78 is 11.2. The fourth-order valence-corrected chi connectivity index (χ4v) is 2.07. The van der Waals surface area contributed by atoms with Crippen molar-refractivity contribution in [3.63, 3.8) is 0 Å². The zero-order valence-electron chi connectivity index (χ0n) is 10.9. The van der Waals surface area contributed by atoms with Gasteiger partial charge in [0, 0.05) is 13.2 Å². The quantitative estimate of drug-likeness (QED) is 0.566. The van der Waals surface area contributed by atoms with E-state index >= 15 is 0 Å². The lowest BCUT2D eigenvalue weighted by Gasteiger charge is -2.22. The summed E-state index contributed by atoms with van der Waals surface area (Å²) >= 11 is 0. The third-order valence-corrected chi connectivity index (χ3v) is 3.05. The summed E-state index contributed by atoms with van der Waals surface area (Å²) in [6.07, 6.45) is 5.30. The lowest BCUT2D eigenvalue weighted by atomic mass is 10.2. The van der Waals surface area contributed by atoms with Gasteiger partial charge in [-0.2, -0.15) is 0 Å². The highest BCUT2D eigenvalue weighted by Gasteiger charge is 2.16. The molecule has 0 spiro atoms. The number of likely N-dealkylation sites (tertiary alicyclic amines) is 1. The molecule has 0 aromatic carbocycles. The molecular formula is C13H27NO2. The summed E-state index contributed by atoms with van der Waals surface area (Å²) in [7, 11) is 0. The molecule has 96 valence electrons. The smallest absolute Gasteiger partial charge is 0.0704 e. The highest BCUT2D eigenvalue weighted by atomic mass is 16.5. The first-order chi connectivity index (χ1) is 7.86. The zero-order valence-corrected chi connectivity index (χ0v) is 10.9. The molecule has 1 aliphatic rings. The molecular weight excluding hydrogens is 202 g/mol. The van der Waals surface area contributed by atoms with E-state index in [4.69, 9.17) is 9.47 Å². The first-order valence-electron chi connectivity index (χ1n) is 6.78. The van der Waals surface area contributed by atoms with Crippen molar-refractivity contribution in [2.24, 2.45) is 0 Å². The van der Waals surface area contributed by atoms with Gasteiger partial charge in [0.1, 0.15) is 0 Å². The minimum Gasteiger partial charge on any atom is -0.379 e. The molecule has 0 aromatic heterocycles. The van der Waals surface area contributed by atoms with E-state index in [1.54, 1.807) is 0 Å². The maximum atomic E-state index is 5.83. The Labute approximate surface area is 100 Å². The Morgan fingerprint density at radius 1 is 1.06 bits per heavy atom. The third kappa shape index (κ3) is 5.83. The van der Waals surface area contributed by atoms with Gasteiger partial charge in [0.2, 0.25) is 0 Å². The Balaban J connectivity index is 2.01. The van der Waals surface area contributed by atoms with Crippen LogP contribution in [-0.2, 0) is 9.47 Å². The molecule has 0 N–H and O–H groups in total. The van der Waals surface area contributed by atoms with E-state index in [-0.39, 0.29) is 0 Å². The van der Waals surface area contributed by atoms with E-state index in [0.717, 1.165) is 39.2 Å². The van der Waals surface area contributed by atoms with Crippen LogP contribution < -0.4 is 0 Å². The van der Waals surface area contributed by atoms with Crippen LogP contribution in [0.15, 0.2) is 0 Å². The summed E-state index contributed by atoms with van der Waals surface area (Å²) in [6, 6.07) is 0. The largest absolute Gasteiger partial charge is 0.379 e. The van der Waals surface area contributed by atoms with Crippen LogP contribution >= 0.6 is 0 Å². The van der Waals surface area contributed by atoms with Crippen molar-refractivity contribution in [3.05, 3.63) is 0 Å². The summed E-state index contributed by atoms with van der Waals surface area (Å²) in [5, 5.41) is 0. The van der Waals surface area contributed by atoms with Crippen LogP contribution in [0.2, 0.25) is 0 Å². The third-order valence-electron chi connectivity index (χ3n) is 3.05. The van der Waals surface area contributed by atoms with E-state index in [9.17, 15) is 0 Å². The average Bonchev–Trinajstić information content (AvgIpc) is 2.80. The van der Waals surface area contributed by atoms with Crippen molar-refractivity contribution in [2.75, 3.05) is 39.5 Å². The molecule has 16 heavy (non-hydrogen) atoms. The fourth-order valence-electron chi connectivity index (χ4n) is 2.07. The molecule has 1 rings (SSSR count). The molecule has 0 bridgehead atoms. The van der Waals surface area contributed by atoms with Crippen LogP contribution in [0.5, 0.6) is 0 Å². The second-order valence-corrected chi connectivity index (χ2v) is 4.52. The van der Waals surface area contributed by atoms with Gasteiger partial charge in [0.15, 0.2) is 0 Å². The normalized spacial score (nSPS) is 19.1. The van der Waals surface area contributed by atoms with Gasteiger partial charge in [-0.3, -0.25) is 0 Å². The lowest BCUT2D eigenvalue weighted by Crippen LogP contribution is -2.32. The van der Waals surface area contributed by atoms with E-state index in [2.05, 4.69) is 18.7 Å². The number of rotatable bonds is 9. The molecule has 3 heteroatoms. The summed E-state index contributed by atoms with van der Waals surface area (Å²) in [6.45, 7) is 10.3. The number of hydrogen-bond donors (Lipinski definition) is 0. The predicted octanol–water partition coefficient (Wildman–Crippen LogP) is 2.30. The molecule has 1 fully saturated rings. The van der Waals surface area contributed by atoms with Crippen LogP contribution in [0.3, 0.4) is 0 Å². The Morgan fingerprint density at radius 3 is 2.44 bits per heavy atom. The SMILES string of the molecule is CCCOCCOC(CC)CN1CCCC1. The van der Waals surface area contributed by atoms with Crippen molar-refractivity contribution in [2.45, 2.75) is 45.6 Å². The summed E-state index contributed by atoms with van der Waals surface area (Å²) in [5.41, 5.74) is 0. The van der Waals surface area contributed by atoms with Crippen molar-refractivity contribution >= 4 is 0 Å². The van der Waals surface area contributed by atoms with Gasteiger partial charge in [-0.05, 0) is 38.8 Å². The maximum Gasteiger partial charge on any atom is 0.0704 e. The molecule has 1 atom stereocenters. The summed E-state index contributed by atoms with van der Waals surface area (Å²) in [4.78, 5) is 2.51. The van der Waals surface area contributed by atoms with Crippen LogP contribution in [0.1, 0.15) is 39.5 Å². The monoisotopic (exact) mass is 229 g/mol. The molecule has 0 aromatic rings. The molecule has 0 aliphatic carbocycles. The van der Waals surface area contributed by atoms with Crippen LogP contribution in [0, 0.1) is 0 Å². The van der Waals surface area contributed by atoms with Crippen LogP contribution in [0.25, 0.3) is 0 Å². The number of nitrogens with zero attached hydrogens (tertiary/aromatic N) is 1. The van der Waals surface area contributed by atoms with Gasteiger partial charge in [-0.25, -0.2) is 0 Å². The molecule has 1 heterocycles. The predicted molar refractivity (Wildman–Crippen MR) is 66.8 cm³/mol. The molecule has 0 saturated carbocycles. The fraction of sp³-hybridized carbons (Fsp3) is 1.00. The van der Waals surface area contributed by atoms with E-state index in [1.807, 2.05) is 0 Å². The number of hydrogen-bond acceptors (Lipinski definition) is 3. The lowest BCUT2D eigenvalue weighted by molar-refractivity contribution is -0.00876. The van der Waals surface area contributed by atoms with E-state index in [1.165, 1.54) is 25.9 Å². The van der Waals surface area contributed by atoms with Gasteiger partial charge in [-0.15, -0.1) is 0 Å². The maximum absolute atomic E-state index is 5.83. The minimum absolute atomic E-state index is 0.392. The van der Waals surface area contributed by atoms with Crippen molar-refractivity contribution in [1.29, 1.82) is 0 Å². The van der Waals surface area contributed by atoms with Crippen LogP contribution in [-0.4, -0.2) is 50.5 Å². The molecule has 0 amide bonds. The van der Waals surface area contributed by atoms with Gasteiger partial charge in [0.05, 0.1) is 19.3 Å². The average molecular weight is 229 g/mol. The van der Waals surface area contributed by atoms with Gasteiger partial charge in [0.25, 0.3) is 0 Å². The Hall–Kier alpha value is -0.120. The Bertz CT molecular complexity index is 158. The Kier molecular flexibility index (Phi) is 7.81. The van der Waals surface area contributed by atoms with E-state index < -0.39 is 0 Å². The van der Waals surface area contributed by atoms with Crippen molar-refractivity contribution < 1.29 is 9.47 Å². The highest BCUT2D eigenvalue weighted by molar-refractivity contribution is 4.70. The number of ether oxygens (including phenoxy) is 2. The molecule has 3 nitrogen and oxygen atoms in total. The minimum atomic E-state index is 0.392. The van der Waals surface area contributed by atoms with Crippen molar-refractivity contribution in [3.8, 4) is 0 Å². The first-order valence-corrected chi connectivity index (χ1v) is 6.78. The molecule has 1 unspecified atom stereocenters. The molecule has 0 radical (unpaired) electrons. The first kappa shape index (κ1) is 13.9. The summed E-state index contributed by atoms with van der Waals surface area (Å²) in [5.74, 6) is 0. The van der Waals surface area contributed by atoms with E-state index in [0.29, 0.717) is 6.10 Å². The van der Waals surface area contributed by atoms with Crippen LogP contribution in [0.4, 0.5) is 0 Å². The van der Waals surface area contributed by atoms with Gasteiger partial charge in [-0.1, -0.05) is 13.8 Å². The van der Waals surface area contributed by atoms with Crippen molar-refractivity contribution in [1.82, 2.24) is 4.90 Å². The van der Waals surface area contributed by atoms with Gasteiger partial charge >= 0.3 is 0 Å². The second-order valence-electron chi connectivity index (χ2n) is 4.52. The topological polar surface area (TPSA) is 21.7 Å². The Morgan fingerprint density at radius 2 is 1.81 bits per heavy atom. The van der Waals surface area contributed by atoms with Gasteiger partial charge < -0.3 is 14.4 Å². The second kappa shape index (κ2) is 8.97. The highest BCUT2D eigenvalue weighted by Crippen LogP contribution is 2.10.